The Kier molecular flexibility index (Phi) is 6.88. The van der Waals surface area contributed by atoms with Crippen LogP contribution in [0.1, 0.15) is 30.9 Å². The van der Waals surface area contributed by atoms with Crippen molar-refractivity contribution in [2.45, 2.75) is 32.0 Å². The molecule has 0 saturated heterocycles. The second-order valence-corrected chi connectivity index (χ2v) is 7.91. The number of benzene rings is 3. The van der Waals surface area contributed by atoms with Crippen molar-refractivity contribution in [1.82, 2.24) is 5.32 Å². The largest absolute Gasteiger partial charge is 0.485 e. The van der Waals surface area contributed by atoms with Gasteiger partial charge in [0.2, 0.25) is 0 Å². The Morgan fingerprint density at radius 1 is 1.00 bits per heavy atom. The first kappa shape index (κ1) is 22.3. The molecule has 0 aliphatic carbocycles. The molecule has 33 heavy (non-hydrogen) atoms. The predicted molar refractivity (Wildman–Crippen MR) is 128 cm³/mol. The highest BCUT2D eigenvalue weighted by Crippen LogP contribution is 2.39. The molecule has 1 unspecified atom stereocenters. The summed E-state index contributed by atoms with van der Waals surface area (Å²) in [4.78, 5) is 15.1. The number of hydrogen-bond acceptors (Lipinski definition) is 6. The van der Waals surface area contributed by atoms with Gasteiger partial charge in [-0.15, -0.1) is 0 Å². The van der Waals surface area contributed by atoms with E-state index in [2.05, 4.69) is 29.4 Å². The molecule has 3 aromatic rings. The van der Waals surface area contributed by atoms with Crippen LogP contribution in [0.15, 0.2) is 83.9 Å². The first-order valence-corrected chi connectivity index (χ1v) is 11.1. The molecule has 0 bridgehead atoms. The van der Waals surface area contributed by atoms with Crippen LogP contribution in [0.3, 0.4) is 0 Å². The molecule has 7 heteroatoms. The average Bonchev–Trinajstić information content (AvgIpc) is 3.37. The fraction of sp³-hybridized carbons (Fsp3) is 0.269. The summed E-state index contributed by atoms with van der Waals surface area (Å²) >= 11 is 0. The molecular weight excluding hydrogens is 418 g/mol. The van der Waals surface area contributed by atoms with Gasteiger partial charge in [-0.1, -0.05) is 49.4 Å². The van der Waals surface area contributed by atoms with Gasteiger partial charge in [0.25, 0.3) is 5.69 Å². The van der Waals surface area contributed by atoms with Crippen LogP contribution in [0.4, 0.5) is 5.69 Å². The van der Waals surface area contributed by atoms with E-state index in [1.165, 1.54) is 12.1 Å². The Hall–Kier alpha value is -3.87. The summed E-state index contributed by atoms with van der Waals surface area (Å²) in [5.41, 5.74) is 1.37. The SMILES string of the molecule is CCC(CC1=NCCN1)(Oc1ccccc1OCc1ccc([N+](=O)[O-])cc1)c1ccccc1. The number of hydrogen-bond donors (Lipinski definition) is 1. The van der Waals surface area contributed by atoms with Crippen molar-refractivity contribution in [3.8, 4) is 11.5 Å². The summed E-state index contributed by atoms with van der Waals surface area (Å²) in [6, 6.07) is 24.2. The van der Waals surface area contributed by atoms with Crippen molar-refractivity contribution in [3.05, 3.63) is 100 Å². The maximum atomic E-state index is 10.9. The van der Waals surface area contributed by atoms with E-state index in [0.29, 0.717) is 17.9 Å². The molecule has 4 rings (SSSR count). The molecular formula is C26H27N3O4. The molecule has 1 aliphatic rings. The number of nitro benzene ring substituents is 1. The van der Waals surface area contributed by atoms with Gasteiger partial charge in [-0.3, -0.25) is 15.1 Å². The lowest BCUT2D eigenvalue weighted by Gasteiger charge is -2.35. The van der Waals surface area contributed by atoms with E-state index in [1.54, 1.807) is 12.1 Å². The average molecular weight is 446 g/mol. The molecule has 170 valence electrons. The third kappa shape index (κ3) is 5.31. The Morgan fingerprint density at radius 3 is 2.33 bits per heavy atom. The van der Waals surface area contributed by atoms with Crippen molar-refractivity contribution in [2.75, 3.05) is 13.1 Å². The summed E-state index contributed by atoms with van der Waals surface area (Å²) in [6.07, 6.45) is 1.37. The highest BCUT2D eigenvalue weighted by Gasteiger charge is 2.36. The molecule has 1 N–H and O–H groups in total. The molecule has 0 aromatic heterocycles. The topological polar surface area (TPSA) is 86.0 Å². The van der Waals surface area contributed by atoms with E-state index in [1.807, 2.05) is 42.5 Å². The van der Waals surface area contributed by atoms with Crippen molar-refractivity contribution >= 4 is 11.5 Å². The van der Waals surface area contributed by atoms with Gasteiger partial charge in [0.15, 0.2) is 11.5 Å². The fourth-order valence-corrected chi connectivity index (χ4v) is 3.92. The van der Waals surface area contributed by atoms with Crippen molar-refractivity contribution in [1.29, 1.82) is 0 Å². The number of nitrogens with zero attached hydrogens (tertiary/aromatic N) is 2. The quantitative estimate of drug-likeness (QED) is 0.340. The smallest absolute Gasteiger partial charge is 0.269 e. The summed E-state index contributed by atoms with van der Waals surface area (Å²) < 4.78 is 12.8. The van der Waals surface area contributed by atoms with Crippen LogP contribution in [-0.4, -0.2) is 23.8 Å². The van der Waals surface area contributed by atoms with Gasteiger partial charge in [-0.2, -0.15) is 0 Å². The molecule has 7 nitrogen and oxygen atoms in total. The van der Waals surface area contributed by atoms with Crippen LogP contribution in [0, 0.1) is 10.1 Å². The lowest BCUT2D eigenvalue weighted by Crippen LogP contribution is -2.38. The van der Waals surface area contributed by atoms with E-state index in [-0.39, 0.29) is 12.3 Å². The fourth-order valence-electron chi connectivity index (χ4n) is 3.92. The Morgan fingerprint density at radius 2 is 1.70 bits per heavy atom. The number of aliphatic imine (C=N–C) groups is 1. The molecule has 1 aliphatic heterocycles. The van der Waals surface area contributed by atoms with Crippen LogP contribution in [-0.2, 0) is 12.2 Å². The number of rotatable bonds is 10. The Balaban J connectivity index is 1.58. The van der Waals surface area contributed by atoms with Crippen LogP contribution >= 0.6 is 0 Å². The normalized spacial score (nSPS) is 14.6. The summed E-state index contributed by atoms with van der Waals surface area (Å²) in [5.74, 6) is 2.21. The Bertz CT molecular complexity index is 1120. The zero-order valence-electron chi connectivity index (χ0n) is 18.6. The van der Waals surface area contributed by atoms with E-state index in [4.69, 9.17) is 9.47 Å². The zero-order valence-corrected chi connectivity index (χ0v) is 18.6. The van der Waals surface area contributed by atoms with Crippen LogP contribution in [0.2, 0.25) is 0 Å². The third-order valence-corrected chi connectivity index (χ3v) is 5.76. The van der Waals surface area contributed by atoms with E-state index in [9.17, 15) is 10.1 Å². The first-order chi connectivity index (χ1) is 16.1. The van der Waals surface area contributed by atoms with Crippen molar-refractivity contribution < 1.29 is 14.4 Å². The second kappa shape index (κ2) is 10.2. The van der Waals surface area contributed by atoms with Crippen molar-refractivity contribution in [3.63, 3.8) is 0 Å². The van der Waals surface area contributed by atoms with Crippen molar-refractivity contribution in [2.24, 2.45) is 4.99 Å². The zero-order chi connectivity index (χ0) is 23.1. The monoisotopic (exact) mass is 445 g/mol. The van der Waals surface area contributed by atoms with E-state index in [0.717, 1.165) is 36.5 Å². The highest BCUT2D eigenvalue weighted by atomic mass is 16.6. The summed E-state index contributed by atoms with van der Waals surface area (Å²) in [6.45, 7) is 4.01. The number of nitrogens with one attached hydrogen (secondary N) is 1. The van der Waals surface area contributed by atoms with Crippen LogP contribution in [0.25, 0.3) is 0 Å². The highest BCUT2D eigenvalue weighted by molar-refractivity contribution is 5.84. The lowest BCUT2D eigenvalue weighted by atomic mass is 9.87. The number of para-hydroxylation sites is 2. The standard InChI is InChI=1S/C26H27N3O4/c1-2-26(18-25-27-16-17-28-25,21-8-4-3-5-9-21)33-24-11-7-6-10-23(24)32-19-20-12-14-22(15-13-20)29(30)31/h3-15H,2,16-19H2,1H3,(H,27,28). The van der Waals surface area contributed by atoms with Crippen LogP contribution < -0.4 is 14.8 Å². The molecule has 1 atom stereocenters. The minimum Gasteiger partial charge on any atom is -0.485 e. The summed E-state index contributed by atoms with van der Waals surface area (Å²) in [7, 11) is 0. The first-order valence-electron chi connectivity index (χ1n) is 11.1. The molecule has 3 aromatic carbocycles. The van der Waals surface area contributed by atoms with Gasteiger partial charge < -0.3 is 14.8 Å². The number of non-ortho nitro benzene ring substituents is 1. The molecule has 1 heterocycles. The maximum Gasteiger partial charge on any atom is 0.269 e. The number of ether oxygens (including phenoxy) is 2. The lowest BCUT2D eigenvalue weighted by molar-refractivity contribution is -0.384. The maximum absolute atomic E-state index is 10.9. The minimum atomic E-state index is -0.607. The molecule has 0 fully saturated rings. The molecule has 0 amide bonds. The predicted octanol–water partition coefficient (Wildman–Crippen LogP) is 5.25. The van der Waals surface area contributed by atoms with Gasteiger partial charge in [-0.25, -0.2) is 0 Å². The third-order valence-electron chi connectivity index (χ3n) is 5.76. The van der Waals surface area contributed by atoms with Gasteiger partial charge >= 0.3 is 0 Å². The number of amidine groups is 1. The molecule has 0 saturated carbocycles. The van der Waals surface area contributed by atoms with Gasteiger partial charge in [0.05, 0.1) is 11.5 Å². The van der Waals surface area contributed by atoms with Crippen LogP contribution in [0.5, 0.6) is 11.5 Å². The number of nitro groups is 1. The van der Waals surface area contributed by atoms with E-state index >= 15 is 0 Å². The molecule has 0 spiro atoms. The second-order valence-electron chi connectivity index (χ2n) is 7.91. The van der Waals surface area contributed by atoms with E-state index < -0.39 is 10.5 Å². The summed E-state index contributed by atoms with van der Waals surface area (Å²) in [5, 5.41) is 14.2. The minimum absolute atomic E-state index is 0.0570. The Labute approximate surface area is 193 Å². The van der Waals surface area contributed by atoms with Gasteiger partial charge in [0.1, 0.15) is 18.0 Å². The van der Waals surface area contributed by atoms with Gasteiger partial charge in [-0.05, 0) is 41.8 Å². The molecule has 0 radical (unpaired) electrons. The van der Waals surface area contributed by atoms with Gasteiger partial charge in [0, 0.05) is 25.1 Å².